The van der Waals surface area contributed by atoms with Gasteiger partial charge in [-0.2, -0.15) is 0 Å². The highest BCUT2D eigenvalue weighted by molar-refractivity contribution is 6.30. The Bertz CT molecular complexity index is 580. The Morgan fingerprint density at radius 2 is 1.79 bits per heavy atom. The number of phenols is 1. The molecule has 0 fully saturated rings. The van der Waals surface area contributed by atoms with E-state index in [0.717, 1.165) is 24.4 Å². The van der Waals surface area contributed by atoms with Gasteiger partial charge < -0.3 is 10.4 Å². The minimum Gasteiger partial charge on any atom is -0.508 e. The van der Waals surface area contributed by atoms with Gasteiger partial charge in [-0.1, -0.05) is 29.8 Å². The molecule has 0 saturated carbocycles. The maximum atomic E-state index is 9.25. The van der Waals surface area contributed by atoms with Crippen LogP contribution in [0.25, 0.3) is 0 Å². The number of aromatic hydroxyl groups is 1. The zero-order chi connectivity index (χ0) is 13.2. The normalized spacial score (nSPS) is 17.4. The van der Waals surface area contributed by atoms with Crippen LogP contribution in [0.5, 0.6) is 5.75 Å². The van der Waals surface area contributed by atoms with Gasteiger partial charge in [0.05, 0.1) is 0 Å². The van der Waals surface area contributed by atoms with E-state index in [1.54, 1.807) is 12.1 Å². The third-order valence-corrected chi connectivity index (χ3v) is 3.87. The van der Waals surface area contributed by atoms with E-state index in [2.05, 4.69) is 17.4 Å². The van der Waals surface area contributed by atoms with E-state index < -0.39 is 0 Å². The molecule has 1 unspecified atom stereocenters. The molecule has 0 aliphatic heterocycles. The van der Waals surface area contributed by atoms with Gasteiger partial charge >= 0.3 is 0 Å². The van der Waals surface area contributed by atoms with Crippen LogP contribution < -0.4 is 5.32 Å². The molecule has 19 heavy (non-hydrogen) atoms. The largest absolute Gasteiger partial charge is 0.508 e. The third kappa shape index (κ3) is 2.91. The van der Waals surface area contributed by atoms with Crippen LogP contribution in [0.4, 0.5) is 0 Å². The molecule has 3 heteroatoms. The highest BCUT2D eigenvalue weighted by Crippen LogP contribution is 2.25. The Balaban J connectivity index is 1.60. The molecule has 0 bridgehead atoms. The molecule has 0 spiro atoms. The molecule has 3 rings (SSSR count). The highest BCUT2D eigenvalue weighted by atomic mass is 35.5. The lowest BCUT2D eigenvalue weighted by Gasteiger charge is -2.11. The number of rotatable bonds is 3. The van der Waals surface area contributed by atoms with Crippen LogP contribution >= 0.6 is 11.6 Å². The first-order chi connectivity index (χ1) is 9.20. The quantitative estimate of drug-likeness (QED) is 0.899. The molecule has 0 heterocycles. The summed E-state index contributed by atoms with van der Waals surface area (Å²) in [5, 5.41) is 13.6. The number of nitrogens with one attached hydrogen (secondary N) is 1. The summed E-state index contributed by atoms with van der Waals surface area (Å²) in [5.41, 5.74) is 3.94. The van der Waals surface area contributed by atoms with E-state index in [0.29, 0.717) is 11.8 Å². The Morgan fingerprint density at radius 3 is 2.58 bits per heavy atom. The average Bonchev–Trinajstić information content (AvgIpc) is 2.80. The van der Waals surface area contributed by atoms with Crippen molar-refractivity contribution in [2.24, 2.45) is 0 Å². The van der Waals surface area contributed by atoms with Crippen molar-refractivity contribution in [2.45, 2.75) is 25.4 Å². The average molecular weight is 274 g/mol. The Hall–Kier alpha value is -1.51. The summed E-state index contributed by atoms with van der Waals surface area (Å²) < 4.78 is 0. The molecule has 98 valence electrons. The molecule has 0 saturated heterocycles. The number of fused-ring (bicyclic) bond motifs is 1. The summed E-state index contributed by atoms with van der Waals surface area (Å²) in [6, 6.07) is 14.0. The number of hydrogen-bond donors (Lipinski definition) is 2. The van der Waals surface area contributed by atoms with Gasteiger partial charge in [-0.3, -0.25) is 0 Å². The Labute approximate surface area is 118 Å². The smallest absolute Gasteiger partial charge is 0.115 e. The fourth-order valence-corrected chi connectivity index (χ4v) is 2.80. The van der Waals surface area contributed by atoms with E-state index in [9.17, 15) is 5.11 Å². The fourth-order valence-electron chi connectivity index (χ4n) is 2.61. The van der Waals surface area contributed by atoms with Crippen molar-refractivity contribution in [2.75, 3.05) is 0 Å². The van der Waals surface area contributed by atoms with Gasteiger partial charge in [0.25, 0.3) is 0 Å². The summed E-state index contributed by atoms with van der Waals surface area (Å²) in [6.45, 7) is 0.826. The van der Waals surface area contributed by atoms with E-state index >= 15 is 0 Å². The molecular formula is C16H16ClNO. The minimum absolute atomic E-state index is 0.312. The van der Waals surface area contributed by atoms with Gasteiger partial charge in [0.1, 0.15) is 5.75 Å². The van der Waals surface area contributed by atoms with Crippen LogP contribution in [-0.2, 0) is 19.4 Å². The SMILES string of the molecule is Oc1ccc(CNC2Cc3ccc(Cl)cc3C2)cc1. The summed E-state index contributed by atoms with van der Waals surface area (Å²) >= 11 is 6.01. The first-order valence-electron chi connectivity index (χ1n) is 6.49. The van der Waals surface area contributed by atoms with Gasteiger partial charge in [0, 0.05) is 17.6 Å². The van der Waals surface area contributed by atoms with Crippen LogP contribution in [0.15, 0.2) is 42.5 Å². The van der Waals surface area contributed by atoms with Crippen molar-refractivity contribution < 1.29 is 5.11 Å². The molecule has 0 aromatic heterocycles. The second kappa shape index (κ2) is 5.24. The van der Waals surface area contributed by atoms with Crippen LogP contribution in [0.2, 0.25) is 5.02 Å². The van der Waals surface area contributed by atoms with Crippen molar-refractivity contribution in [3.63, 3.8) is 0 Å². The van der Waals surface area contributed by atoms with Crippen LogP contribution in [-0.4, -0.2) is 11.1 Å². The lowest BCUT2D eigenvalue weighted by atomic mass is 10.1. The Kier molecular flexibility index (Phi) is 3.45. The van der Waals surface area contributed by atoms with E-state index in [-0.39, 0.29) is 0 Å². The second-order valence-corrected chi connectivity index (χ2v) is 5.50. The van der Waals surface area contributed by atoms with E-state index in [1.807, 2.05) is 18.2 Å². The monoisotopic (exact) mass is 273 g/mol. The van der Waals surface area contributed by atoms with Crippen molar-refractivity contribution in [1.82, 2.24) is 5.32 Å². The van der Waals surface area contributed by atoms with Gasteiger partial charge in [-0.25, -0.2) is 0 Å². The number of phenolic OH excluding ortho intramolecular Hbond substituents is 1. The van der Waals surface area contributed by atoms with Gasteiger partial charge in [-0.15, -0.1) is 0 Å². The summed E-state index contributed by atoms with van der Waals surface area (Å²) in [5.74, 6) is 0.312. The van der Waals surface area contributed by atoms with Crippen molar-refractivity contribution in [3.05, 3.63) is 64.2 Å². The predicted molar refractivity (Wildman–Crippen MR) is 77.6 cm³/mol. The maximum absolute atomic E-state index is 9.25. The van der Waals surface area contributed by atoms with Crippen LogP contribution in [0.3, 0.4) is 0 Å². The molecule has 2 nitrogen and oxygen atoms in total. The number of halogens is 1. The molecule has 2 aromatic carbocycles. The van der Waals surface area contributed by atoms with Crippen molar-refractivity contribution >= 4 is 11.6 Å². The van der Waals surface area contributed by atoms with Gasteiger partial charge in [-0.05, 0) is 53.8 Å². The first-order valence-corrected chi connectivity index (χ1v) is 6.87. The molecule has 2 N–H and O–H groups in total. The highest BCUT2D eigenvalue weighted by Gasteiger charge is 2.20. The lowest BCUT2D eigenvalue weighted by Crippen LogP contribution is -2.28. The number of benzene rings is 2. The predicted octanol–water partition coefficient (Wildman–Crippen LogP) is 3.30. The van der Waals surface area contributed by atoms with E-state index in [4.69, 9.17) is 11.6 Å². The van der Waals surface area contributed by atoms with Gasteiger partial charge in [0.15, 0.2) is 0 Å². The second-order valence-electron chi connectivity index (χ2n) is 5.07. The topological polar surface area (TPSA) is 32.3 Å². The van der Waals surface area contributed by atoms with Crippen LogP contribution in [0.1, 0.15) is 16.7 Å². The zero-order valence-electron chi connectivity index (χ0n) is 10.6. The third-order valence-electron chi connectivity index (χ3n) is 3.63. The molecule has 0 amide bonds. The molecule has 2 aromatic rings. The summed E-state index contributed by atoms with van der Waals surface area (Å²) in [7, 11) is 0. The lowest BCUT2D eigenvalue weighted by molar-refractivity contribution is 0.474. The minimum atomic E-state index is 0.312. The molecular weight excluding hydrogens is 258 g/mol. The van der Waals surface area contributed by atoms with Crippen molar-refractivity contribution in [1.29, 1.82) is 0 Å². The summed E-state index contributed by atoms with van der Waals surface area (Å²) in [4.78, 5) is 0. The Morgan fingerprint density at radius 1 is 1.05 bits per heavy atom. The van der Waals surface area contributed by atoms with Crippen LogP contribution in [0, 0.1) is 0 Å². The van der Waals surface area contributed by atoms with E-state index in [1.165, 1.54) is 16.7 Å². The van der Waals surface area contributed by atoms with Gasteiger partial charge in [0.2, 0.25) is 0 Å². The van der Waals surface area contributed by atoms with Crippen molar-refractivity contribution in [3.8, 4) is 5.75 Å². The zero-order valence-corrected chi connectivity index (χ0v) is 11.3. The molecule has 1 aliphatic carbocycles. The molecule has 1 atom stereocenters. The molecule has 0 radical (unpaired) electrons. The maximum Gasteiger partial charge on any atom is 0.115 e. The summed E-state index contributed by atoms with van der Waals surface area (Å²) in [6.07, 6.45) is 2.10. The number of hydrogen-bond acceptors (Lipinski definition) is 2. The first kappa shape index (κ1) is 12.5. The fraction of sp³-hybridized carbons (Fsp3) is 0.250. The standard InChI is InChI=1S/C16H16ClNO/c17-14-4-3-12-8-15(9-13(12)7-14)18-10-11-1-5-16(19)6-2-11/h1-7,15,18-19H,8-10H2. The molecule has 1 aliphatic rings.